The van der Waals surface area contributed by atoms with Crippen molar-refractivity contribution in [2.75, 3.05) is 6.54 Å². The van der Waals surface area contributed by atoms with Crippen molar-refractivity contribution in [3.63, 3.8) is 0 Å². The van der Waals surface area contributed by atoms with Gasteiger partial charge in [-0.2, -0.15) is 5.10 Å². The van der Waals surface area contributed by atoms with Gasteiger partial charge >= 0.3 is 0 Å². The molecule has 3 nitrogen and oxygen atoms in total. The zero-order valence-corrected chi connectivity index (χ0v) is 13.3. The maximum Gasteiger partial charge on any atom is 0.126 e. The van der Waals surface area contributed by atoms with Crippen LogP contribution >= 0.6 is 0 Å². The Morgan fingerprint density at radius 3 is 2.62 bits per heavy atom. The van der Waals surface area contributed by atoms with Gasteiger partial charge in [-0.15, -0.1) is 0 Å². The Hall–Kier alpha value is -1.68. The Morgan fingerprint density at radius 1 is 1.24 bits per heavy atom. The summed E-state index contributed by atoms with van der Waals surface area (Å²) in [5.41, 5.74) is 3.88. The number of aromatic nitrogens is 2. The van der Waals surface area contributed by atoms with Crippen molar-refractivity contribution in [1.29, 1.82) is 0 Å². The number of nitrogens with zero attached hydrogens (tertiary/aromatic N) is 2. The zero-order chi connectivity index (χ0) is 15.4. The largest absolute Gasteiger partial charge is 0.310 e. The standard InChI is InChI=1S/C17H24FN3/c1-5-19-17(14-8-7-12(3)16(18)10-14)11-15-9-13(4)20-21(15)6-2/h7-10,17,19H,5-6,11H2,1-4H3. The summed E-state index contributed by atoms with van der Waals surface area (Å²) in [6.45, 7) is 9.65. The summed E-state index contributed by atoms with van der Waals surface area (Å²) in [5.74, 6) is -0.143. The Labute approximate surface area is 126 Å². The first kappa shape index (κ1) is 15.7. The van der Waals surface area contributed by atoms with Crippen LogP contribution in [0.1, 0.15) is 42.4 Å². The molecule has 1 aromatic heterocycles. The Bertz CT molecular complexity index is 604. The van der Waals surface area contributed by atoms with Gasteiger partial charge in [-0.05, 0) is 50.6 Å². The van der Waals surface area contributed by atoms with Crippen molar-refractivity contribution in [2.24, 2.45) is 0 Å². The maximum absolute atomic E-state index is 13.8. The third-order valence-corrected chi connectivity index (χ3v) is 3.75. The van der Waals surface area contributed by atoms with E-state index in [0.29, 0.717) is 5.56 Å². The first-order valence-corrected chi connectivity index (χ1v) is 7.57. The first-order valence-electron chi connectivity index (χ1n) is 7.57. The molecule has 0 aliphatic rings. The van der Waals surface area contributed by atoms with Gasteiger partial charge in [0.25, 0.3) is 0 Å². The molecule has 1 heterocycles. The predicted molar refractivity (Wildman–Crippen MR) is 83.9 cm³/mol. The summed E-state index contributed by atoms with van der Waals surface area (Å²) in [6, 6.07) is 7.70. The van der Waals surface area contributed by atoms with Gasteiger partial charge in [0.1, 0.15) is 5.82 Å². The summed E-state index contributed by atoms with van der Waals surface area (Å²) >= 11 is 0. The van der Waals surface area contributed by atoms with Crippen LogP contribution in [0.4, 0.5) is 4.39 Å². The lowest BCUT2D eigenvalue weighted by molar-refractivity contribution is 0.512. The van der Waals surface area contributed by atoms with Crippen molar-refractivity contribution in [3.8, 4) is 0 Å². The fourth-order valence-corrected chi connectivity index (χ4v) is 2.63. The van der Waals surface area contributed by atoms with Gasteiger partial charge in [-0.3, -0.25) is 4.68 Å². The molecule has 0 aliphatic heterocycles. The molecule has 0 aliphatic carbocycles. The number of rotatable bonds is 6. The van der Waals surface area contributed by atoms with Crippen LogP contribution in [0.15, 0.2) is 24.3 Å². The van der Waals surface area contributed by atoms with E-state index in [4.69, 9.17) is 0 Å². The molecule has 1 unspecified atom stereocenters. The molecule has 0 saturated heterocycles. The second-order valence-corrected chi connectivity index (χ2v) is 5.42. The molecule has 0 radical (unpaired) electrons. The minimum absolute atomic E-state index is 0.103. The minimum Gasteiger partial charge on any atom is -0.310 e. The quantitative estimate of drug-likeness (QED) is 0.881. The van der Waals surface area contributed by atoms with E-state index in [2.05, 4.69) is 30.3 Å². The van der Waals surface area contributed by atoms with Crippen LogP contribution in [0.5, 0.6) is 0 Å². The van der Waals surface area contributed by atoms with Crippen molar-refractivity contribution < 1.29 is 4.39 Å². The van der Waals surface area contributed by atoms with Gasteiger partial charge in [0.2, 0.25) is 0 Å². The molecular weight excluding hydrogens is 265 g/mol. The van der Waals surface area contributed by atoms with Crippen molar-refractivity contribution in [2.45, 2.75) is 46.7 Å². The highest BCUT2D eigenvalue weighted by Crippen LogP contribution is 2.21. The molecule has 2 rings (SSSR count). The van der Waals surface area contributed by atoms with Crippen LogP contribution in [0, 0.1) is 19.7 Å². The van der Waals surface area contributed by atoms with E-state index in [1.54, 1.807) is 13.0 Å². The molecule has 2 aromatic rings. The lowest BCUT2D eigenvalue weighted by Crippen LogP contribution is -2.24. The van der Waals surface area contributed by atoms with E-state index >= 15 is 0 Å². The summed E-state index contributed by atoms with van der Waals surface area (Å²) in [4.78, 5) is 0. The van der Waals surface area contributed by atoms with E-state index in [0.717, 1.165) is 30.8 Å². The smallest absolute Gasteiger partial charge is 0.126 e. The lowest BCUT2D eigenvalue weighted by atomic mass is 10.00. The third kappa shape index (κ3) is 3.70. The van der Waals surface area contributed by atoms with Crippen molar-refractivity contribution in [1.82, 2.24) is 15.1 Å². The maximum atomic E-state index is 13.8. The molecule has 4 heteroatoms. The highest BCUT2D eigenvalue weighted by atomic mass is 19.1. The molecule has 0 bridgehead atoms. The lowest BCUT2D eigenvalue weighted by Gasteiger charge is -2.19. The van der Waals surface area contributed by atoms with E-state index in [9.17, 15) is 4.39 Å². The average molecular weight is 289 g/mol. The van der Waals surface area contributed by atoms with E-state index < -0.39 is 0 Å². The van der Waals surface area contributed by atoms with Crippen molar-refractivity contribution >= 4 is 0 Å². The topological polar surface area (TPSA) is 29.9 Å². The highest BCUT2D eigenvalue weighted by molar-refractivity contribution is 5.27. The minimum atomic E-state index is -0.143. The van der Waals surface area contributed by atoms with E-state index in [1.807, 2.05) is 23.7 Å². The number of hydrogen-bond donors (Lipinski definition) is 1. The average Bonchev–Trinajstić information content (AvgIpc) is 2.81. The van der Waals surface area contributed by atoms with Crippen LogP contribution in [0.3, 0.4) is 0 Å². The van der Waals surface area contributed by atoms with Gasteiger partial charge in [0, 0.05) is 24.7 Å². The van der Waals surface area contributed by atoms with Crippen LogP contribution in [-0.4, -0.2) is 16.3 Å². The van der Waals surface area contributed by atoms with Gasteiger partial charge in [0.15, 0.2) is 0 Å². The van der Waals surface area contributed by atoms with Crippen molar-refractivity contribution in [3.05, 3.63) is 52.6 Å². The summed E-state index contributed by atoms with van der Waals surface area (Å²) in [6.07, 6.45) is 0.811. The van der Waals surface area contributed by atoms with Gasteiger partial charge in [-0.1, -0.05) is 19.1 Å². The normalized spacial score (nSPS) is 12.6. The molecule has 1 atom stereocenters. The monoisotopic (exact) mass is 289 g/mol. The Balaban J connectivity index is 2.27. The number of benzene rings is 1. The predicted octanol–water partition coefficient (Wildman–Crippen LogP) is 3.55. The summed E-state index contributed by atoms with van der Waals surface area (Å²) in [7, 11) is 0. The number of hydrogen-bond acceptors (Lipinski definition) is 2. The molecular formula is C17H24FN3. The number of likely N-dealkylation sites (N-methyl/N-ethyl adjacent to an activating group) is 1. The molecule has 1 aromatic carbocycles. The zero-order valence-electron chi connectivity index (χ0n) is 13.3. The fraction of sp³-hybridized carbons (Fsp3) is 0.471. The highest BCUT2D eigenvalue weighted by Gasteiger charge is 2.15. The summed E-state index contributed by atoms with van der Waals surface area (Å²) < 4.78 is 15.8. The number of aryl methyl sites for hydroxylation is 3. The molecule has 1 N–H and O–H groups in total. The van der Waals surface area contributed by atoms with E-state index in [1.165, 1.54) is 5.69 Å². The van der Waals surface area contributed by atoms with Crippen LogP contribution in [0.25, 0.3) is 0 Å². The van der Waals surface area contributed by atoms with Crippen LogP contribution in [0.2, 0.25) is 0 Å². The first-order chi connectivity index (χ1) is 10.0. The molecule has 114 valence electrons. The second-order valence-electron chi connectivity index (χ2n) is 5.42. The molecule has 0 spiro atoms. The van der Waals surface area contributed by atoms with Crippen LogP contribution in [-0.2, 0) is 13.0 Å². The Kier molecular flexibility index (Phi) is 5.12. The van der Waals surface area contributed by atoms with Crippen LogP contribution < -0.4 is 5.32 Å². The fourth-order valence-electron chi connectivity index (χ4n) is 2.63. The molecule has 0 saturated carbocycles. The molecule has 21 heavy (non-hydrogen) atoms. The summed E-state index contributed by atoms with van der Waals surface area (Å²) in [5, 5.41) is 7.93. The third-order valence-electron chi connectivity index (χ3n) is 3.75. The Morgan fingerprint density at radius 2 is 2.00 bits per heavy atom. The van der Waals surface area contributed by atoms with Gasteiger partial charge < -0.3 is 5.32 Å². The van der Waals surface area contributed by atoms with Gasteiger partial charge in [-0.25, -0.2) is 4.39 Å². The SMILES string of the molecule is CCNC(Cc1cc(C)nn1CC)c1ccc(C)c(F)c1. The molecule has 0 amide bonds. The molecule has 0 fully saturated rings. The number of nitrogens with one attached hydrogen (secondary N) is 1. The van der Waals surface area contributed by atoms with E-state index in [-0.39, 0.29) is 11.9 Å². The second kappa shape index (κ2) is 6.85. The van der Waals surface area contributed by atoms with Gasteiger partial charge in [0.05, 0.1) is 5.69 Å². The number of halogens is 1.